The monoisotopic (exact) mass is 375 g/mol. The first-order valence-corrected chi connectivity index (χ1v) is 9.41. The molecule has 9 nitrogen and oxygen atoms in total. The van der Waals surface area contributed by atoms with Crippen molar-refractivity contribution in [2.24, 2.45) is 5.73 Å². The first kappa shape index (κ1) is 17.2. The molecule has 0 aromatic carbocycles. The van der Waals surface area contributed by atoms with Gasteiger partial charge in [-0.1, -0.05) is 23.4 Å². The molecule has 4 rings (SSSR count). The SMILES string of the molecule is CC1(C)S[C@H]2C(NC(=O)C(N)C3=CCC=CC3)C(=O)N2C1c1nn[nH]n1. The molecule has 3 heterocycles. The molecule has 26 heavy (non-hydrogen) atoms. The Hall–Kier alpha value is -2.20. The van der Waals surface area contributed by atoms with Gasteiger partial charge in [-0.3, -0.25) is 9.59 Å². The third kappa shape index (κ3) is 2.64. The molecular formula is C16H21N7O2S. The minimum atomic E-state index is -0.728. The van der Waals surface area contributed by atoms with E-state index in [1.54, 1.807) is 16.7 Å². The van der Waals surface area contributed by atoms with Crippen molar-refractivity contribution in [2.45, 2.75) is 54.9 Å². The normalized spacial score (nSPS) is 30.4. The molecule has 1 aromatic heterocycles. The number of thioether (sulfide) groups is 1. The molecule has 1 aliphatic carbocycles. The molecule has 0 radical (unpaired) electrons. The van der Waals surface area contributed by atoms with Crippen LogP contribution in [0, 0.1) is 0 Å². The van der Waals surface area contributed by atoms with Crippen molar-refractivity contribution in [3.05, 3.63) is 29.6 Å². The van der Waals surface area contributed by atoms with Gasteiger partial charge in [-0.2, -0.15) is 5.21 Å². The highest BCUT2D eigenvalue weighted by atomic mass is 32.2. The van der Waals surface area contributed by atoms with E-state index in [0.717, 1.165) is 12.0 Å². The fourth-order valence-corrected chi connectivity index (χ4v) is 5.36. The predicted octanol–water partition coefficient (Wildman–Crippen LogP) is 0.0230. The Labute approximate surface area is 154 Å². The molecule has 2 aliphatic heterocycles. The number of amides is 2. The number of allylic oxidation sites excluding steroid dienone is 3. The second kappa shape index (κ2) is 6.20. The van der Waals surface area contributed by atoms with Crippen LogP contribution >= 0.6 is 11.8 Å². The number of carbonyl (C=O) groups is 2. The molecule has 3 unspecified atom stereocenters. The van der Waals surface area contributed by atoms with Gasteiger partial charge in [0.25, 0.3) is 0 Å². The van der Waals surface area contributed by atoms with Crippen LogP contribution in [0.4, 0.5) is 0 Å². The van der Waals surface area contributed by atoms with E-state index in [2.05, 4.69) is 25.9 Å². The van der Waals surface area contributed by atoms with Gasteiger partial charge in [0.05, 0.1) is 0 Å². The van der Waals surface area contributed by atoms with Crippen LogP contribution in [0.3, 0.4) is 0 Å². The Bertz CT molecular complexity index is 789. The number of nitrogens with one attached hydrogen (secondary N) is 2. The summed E-state index contributed by atoms with van der Waals surface area (Å²) in [5, 5.41) is 16.8. The van der Waals surface area contributed by atoms with Crippen LogP contribution in [-0.2, 0) is 9.59 Å². The Morgan fingerprint density at radius 3 is 2.96 bits per heavy atom. The van der Waals surface area contributed by atoms with Crippen molar-refractivity contribution in [1.29, 1.82) is 0 Å². The van der Waals surface area contributed by atoms with Gasteiger partial charge in [0.1, 0.15) is 23.5 Å². The van der Waals surface area contributed by atoms with E-state index in [1.165, 1.54) is 0 Å². The number of tetrazole rings is 1. The van der Waals surface area contributed by atoms with E-state index in [1.807, 2.05) is 32.1 Å². The van der Waals surface area contributed by atoms with Gasteiger partial charge in [0.2, 0.25) is 11.8 Å². The maximum Gasteiger partial charge on any atom is 0.249 e. The quantitative estimate of drug-likeness (QED) is 0.500. The van der Waals surface area contributed by atoms with Crippen molar-refractivity contribution in [1.82, 2.24) is 30.8 Å². The lowest BCUT2D eigenvalue weighted by atomic mass is 9.94. The number of aromatic amines is 1. The highest BCUT2D eigenvalue weighted by Crippen LogP contribution is 2.56. The zero-order chi connectivity index (χ0) is 18.5. The second-order valence-corrected chi connectivity index (χ2v) is 8.95. The number of β-lactam (4-membered cyclic amide) rings is 1. The molecule has 4 atom stereocenters. The summed E-state index contributed by atoms with van der Waals surface area (Å²) in [5.41, 5.74) is 6.97. The summed E-state index contributed by atoms with van der Waals surface area (Å²) in [6.45, 7) is 4.07. The van der Waals surface area contributed by atoms with E-state index < -0.39 is 12.1 Å². The average Bonchev–Trinajstić information content (AvgIpc) is 3.23. The lowest BCUT2D eigenvalue weighted by molar-refractivity contribution is -0.151. The van der Waals surface area contributed by atoms with Crippen LogP contribution < -0.4 is 11.1 Å². The third-order valence-corrected chi connectivity index (χ3v) is 6.63. The van der Waals surface area contributed by atoms with Gasteiger partial charge in [-0.15, -0.1) is 22.0 Å². The predicted molar refractivity (Wildman–Crippen MR) is 95.6 cm³/mol. The number of nitrogens with two attached hydrogens (primary N) is 1. The number of fused-ring (bicyclic) bond motifs is 1. The third-order valence-electron chi connectivity index (χ3n) is 5.06. The van der Waals surface area contributed by atoms with Crippen LogP contribution in [0.25, 0.3) is 0 Å². The summed E-state index contributed by atoms with van der Waals surface area (Å²) in [5.74, 6) is 0.0332. The molecule has 0 saturated carbocycles. The van der Waals surface area contributed by atoms with E-state index in [9.17, 15) is 9.59 Å². The van der Waals surface area contributed by atoms with Crippen LogP contribution in [0.15, 0.2) is 23.8 Å². The molecule has 3 aliphatic rings. The van der Waals surface area contributed by atoms with Crippen molar-refractivity contribution in [3.63, 3.8) is 0 Å². The van der Waals surface area contributed by atoms with Gasteiger partial charge in [-0.05, 0) is 32.3 Å². The zero-order valence-corrected chi connectivity index (χ0v) is 15.4. The molecule has 2 saturated heterocycles. The van der Waals surface area contributed by atoms with E-state index >= 15 is 0 Å². The molecule has 1 aromatic rings. The molecule has 0 bridgehead atoms. The van der Waals surface area contributed by atoms with E-state index in [-0.39, 0.29) is 28.0 Å². The largest absolute Gasteiger partial charge is 0.340 e. The van der Waals surface area contributed by atoms with Crippen molar-refractivity contribution >= 4 is 23.6 Å². The summed E-state index contributed by atoms with van der Waals surface area (Å²) in [7, 11) is 0. The molecule has 138 valence electrons. The molecule has 10 heteroatoms. The van der Waals surface area contributed by atoms with Crippen LogP contribution in [-0.4, -0.2) is 59.5 Å². The average molecular weight is 375 g/mol. The minimum Gasteiger partial charge on any atom is -0.340 e. The van der Waals surface area contributed by atoms with E-state index in [4.69, 9.17) is 5.73 Å². The number of hydrogen-bond donors (Lipinski definition) is 3. The number of nitrogens with zero attached hydrogens (tertiary/aromatic N) is 4. The Balaban J connectivity index is 1.47. The number of H-pyrrole nitrogens is 1. The summed E-state index contributed by atoms with van der Waals surface area (Å²) < 4.78 is -0.289. The smallest absolute Gasteiger partial charge is 0.249 e. The summed E-state index contributed by atoms with van der Waals surface area (Å²) in [6, 6.07) is -1.58. The minimum absolute atomic E-state index is 0.138. The number of carbonyl (C=O) groups excluding carboxylic acids is 2. The van der Waals surface area contributed by atoms with Gasteiger partial charge in [-0.25, -0.2) is 0 Å². The van der Waals surface area contributed by atoms with Crippen molar-refractivity contribution < 1.29 is 9.59 Å². The molecule has 2 fully saturated rings. The lowest BCUT2D eigenvalue weighted by Gasteiger charge is -2.44. The lowest BCUT2D eigenvalue weighted by Crippen LogP contribution is -2.69. The zero-order valence-electron chi connectivity index (χ0n) is 14.5. The summed E-state index contributed by atoms with van der Waals surface area (Å²) >= 11 is 1.63. The number of aromatic nitrogens is 4. The Morgan fingerprint density at radius 2 is 2.31 bits per heavy atom. The van der Waals surface area contributed by atoms with Crippen molar-refractivity contribution in [3.8, 4) is 0 Å². The summed E-state index contributed by atoms with van der Waals surface area (Å²) in [6.07, 6.45) is 7.47. The second-order valence-electron chi connectivity index (χ2n) is 7.18. The topological polar surface area (TPSA) is 130 Å². The maximum absolute atomic E-state index is 12.7. The van der Waals surface area contributed by atoms with Gasteiger partial charge in [0, 0.05) is 4.75 Å². The Morgan fingerprint density at radius 1 is 1.50 bits per heavy atom. The fraction of sp³-hybridized carbons (Fsp3) is 0.562. The molecule has 0 spiro atoms. The van der Waals surface area contributed by atoms with Crippen LogP contribution in [0.2, 0.25) is 0 Å². The van der Waals surface area contributed by atoms with Crippen molar-refractivity contribution in [2.75, 3.05) is 0 Å². The summed E-state index contributed by atoms with van der Waals surface area (Å²) in [4.78, 5) is 27.0. The van der Waals surface area contributed by atoms with Gasteiger partial charge in [0.15, 0.2) is 5.82 Å². The number of rotatable bonds is 4. The van der Waals surface area contributed by atoms with Gasteiger partial charge >= 0.3 is 0 Å². The highest BCUT2D eigenvalue weighted by Gasteiger charge is 2.63. The molecule has 2 amide bonds. The molecule has 4 N–H and O–H groups in total. The molecular weight excluding hydrogens is 354 g/mol. The maximum atomic E-state index is 12.7. The van der Waals surface area contributed by atoms with Crippen LogP contribution in [0.1, 0.15) is 38.6 Å². The van der Waals surface area contributed by atoms with Crippen LogP contribution in [0.5, 0.6) is 0 Å². The first-order valence-electron chi connectivity index (χ1n) is 8.53. The van der Waals surface area contributed by atoms with E-state index in [0.29, 0.717) is 12.2 Å². The Kier molecular flexibility index (Phi) is 4.11. The first-order chi connectivity index (χ1) is 12.4. The standard InChI is InChI=1S/C16H21N7O2S/c1-16(2)11(12-19-21-22-20-12)23-14(25)10(15(23)26-16)18-13(24)9(17)8-6-4-3-5-7-8/h3-4,7,9-11,15H,5-6,17H2,1-2H3,(H,18,24)(H,19,20,21,22)/t9?,10?,11?,15-/m0/s1. The fourth-order valence-electron chi connectivity index (χ4n) is 3.73. The highest BCUT2D eigenvalue weighted by molar-refractivity contribution is 8.01. The number of hydrogen-bond acceptors (Lipinski definition) is 7. The van der Waals surface area contributed by atoms with Gasteiger partial charge < -0.3 is 16.0 Å².